The van der Waals surface area contributed by atoms with Crippen LogP contribution >= 0.6 is 0 Å². The molecular weight excluding hydrogens is 260 g/mol. The van der Waals surface area contributed by atoms with Crippen molar-refractivity contribution in [1.82, 2.24) is 0 Å². The molecule has 21 heavy (non-hydrogen) atoms. The zero-order valence-electron chi connectivity index (χ0n) is 13.5. The van der Waals surface area contributed by atoms with Crippen molar-refractivity contribution in [2.45, 2.75) is 70.8 Å². The van der Waals surface area contributed by atoms with E-state index in [0.29, 0.717) is 12.7 Å². The van der Waals surface area contributed by atoms with Crippen molar-refractivity contribution < 1.29 is 9.47 Å². The summed E-state index contributed by atoms with van der Waals surface area (Å²) in [7, 11) is 0. The van der Waals surface area contributed by atoms with E-state index >= 15 is 0 Å². The second-order valence-corrected chi connectivity index (χ2v) is 6.14. The van der Waals surface area contributed by atoms with Crippen LogP contribution in [0.15, 0.2) is 24.3 Å². The van der Waals surface area contributed by atoms with Gasteiger partial charge in [0.05, 0.1) is 6.61 Å². The first kappa shape index (κ1) is 16.4. The number of ether oxygens (including phenoxy) is 2. The molecule has 1 aromatic rings. The first-order valence-corrected chi connectivity index (χ1v) is 8.72. The van der Waals surface area contributed by atoms with Crippen molar-refractivity contribution in [1.29, 1.82) is 0 Å². The molecule has 1 saturated heterocycles. The van der Waals surface area contributed by atoms with E-state index in [-0.39, 0.29) is 0 Å². The van der Waals surface area contributed by atoms with Gasteiger partial charge in [0.1, 0.15) is 18.5 Å². The molecule has 1 atom stereocenters. The minimum Gasteiger partial charge on any atom is -0.491 e. The van der Waals surface area contributed by atoms with Gasteiger partial charge in [-0.25, -0.2) is 0 Å². The highest BCUT2D eigenvalue weighted by Crippen LogP contribution is 2.17. The Bertz CT molecular complexity index is 368. The van der Waals surface area contributed by atoms with Gasteiger partial charge in [-0.3, -0.25) is 0 Å². The van der Waals surface area contributed by atoms with Gasteiger partial charge in [0.25, 0.3) is 0 Å². The van der Waals surface area contributed by atoms with Gasteiger partial charge in [0.2, 0.25) is 0 Å². The number of hydrogen-bond acceptors (Lipinski definition) is 2. The van der Waals surface area contributed by atoms with Crippen LogP contribution in [0, 0.1) is 0 Å². The minimum atomic E-state index is 0.335. The molecule has 0 radical (unpaired) electrons. The van der Waals surface area contributed by atoms with Gasteiger partial charge in [-0.15, -0.1) is 0 Å². The normalized spacial score (nSPS) is 16.9. The molecule has 2 nitrogen and oxygen atoms in total. The summed E-state index contributed by atoms with van der Waals surface area (Å²) in [4.78, 5) is 0. The van der Waals surface area contributed by atoms with E-state index in [0.717, 1.165) is 12.4 Å². The molecule has 0 bridgehead atoms. The molecule has 0 N–H and O–H groups in total. The van der Waals surface area contributed by atoms with Gasteiger partial charge >= 0.3 is 0 Å². The molecule has 0 amide bonds. The lowest BCUT2D eigenvalue weighted by Crippen LogP contribution is -2.03. The summed E-state index contributed by atoms with van der Waals surface area (Å²) in [5.74, 6) is 0.963. The lowest BCUT2D eigenvalue weighted by atomic mass is 10.0. The molecule has 1 unspecified atom stereocenters. The highest BCUT2D eigenvalue weighted by Gasteiger charge is 2.22. The van der Waals surface area contributed by atoms with Crippen molar-refractivity contribution in [2.75, 3.05) is 13.2 Å². The summed E-state index contributed by atoms with van der Waals surface area (Å²) in [5.41, 5.74) is 1.43. The fourth-order valence-electron chi connectivity index (χ4n) is 2.57. The van der Waals surface area contributed by atoms with Gasteiger partial charge < -0.3 is 9.47 Å². The van der Waals surface area contributed by atoms with Crippen LogP contribution in [0.3, 0.4) is 0 Å². The van der Waals surface area contributed by atoms with Crippen molar-refractivity contribution in [3.63, 3.8) is 0 Å². The molecule has 1 fully saturated rings. The maximum atomic E-state index is 5.65. The Labute approximate surface area is 129 Å². The topological polar surface area (TPSA) is 21.8 Å². The summed E-state index contributed by atoms with van der Waals surface area (Å²) >= 11 is 0. The molecule has 1 aromatic carbocycles. The van der Waals surface area contributed by atoms with E-state index in [9.17, 15) is 0 Å². The third kappa shape index (κ3) is 7.52. The standard InChI is InChI=1S/C19H30O2/c1-2-3-4-5-6-7-8-9-10-17-11-13-18(14-12-17)20-15-19-16-21-19/h11-14,19H,2-10,15-16H2,1H3. The molecule has 1 heterocycles. The molecule has 0 aromatic heterocycles. The molecule has 0 aliphatic carbocycles. The molecule has 2 heteroatoms. The lowest BCUT2D eigenvalue weighted by molar-refractivity contribution is 0.263. The van der Waals surface area contributed by atoms with Gasteiger partial charge in [-0.05, 0) is 30.5 Å². The molecular formula is C19H30O2. The second kappa shape index (κ2) is 9.83. The van der Waals surface area contributed by atoms with Crippen molar-refractivity contribution in [3.05, 3.63) is 29.8 Å². The summed E-state index contributed by atoms with van der Waals surface area (Å²) in [6.45, 7) is 3.82. The van der Waals surface area contributed by atoms with Crippen molar-refractivity contribution in [3.8, 4) is 5.75 Å². The van der Waals surface area contributed by atoms with E-state index in [1.165, 1.54) is 63.4 Å². The van der Waals surface area contributed by atoms with Gasteiger partial charge in [-0.2, -0.15) is 0 Å². The maximum Gasteiger partial charge on any atom is 0.119 e. The Morgan fingerprint density at radius 2 is 1.57 bits per heavy atom. The second-order valence-electron chi connectivity index (χ2n) is 6.14. The van der Waals surface area contributed by atoms with E-state index in [1.54, 1.807) is 0 Å². The zero-order chi connectivity index (χ0) is 14.8. The molecule has 2 rings (SSSR count). The fraction of sp³-hybridized carbons (Fsp3) is 0.684. The monoisotopic (exact) mass is 290 g/mol. The Morgan fingerprint density at radius 3 is 2.19 bits per heavy atom. The molecule has 0 saturated carbocycles. The van der Waals surface area contributed by atoms with E-state index in [1.807, 2.05) is 0 Å². The SMILES string of the molecule is CCCCCCCCCCc1ccc(OCC2CO2)cc1. The van der Waals surface area contributed by atoms with Crippen LogP contribution in [-0.4, -0.2) is 19.3 Å². The van der Waals surface area contributed by atoms with Crippen LogP contribution < -0.4 is 4.74 Å². The van der Waals surface area contributed by atoms with Crippen molar-refractivity contribution in [2.24, 2.45) is 0 Å². The van der Waals surface area contributed by atoms with Gasteiger partial charge in [-0.1, -0.05) is 64.0 Å². The summed E-state index contributed by atoms with van der Waals surface area (Å²) < 4.78 is 10.8. The Kier molecular flexibility index (Phi) is 7.66. The Morgan fingerprint density at radius 1 is 0.952 bits per heavy atom. The number of epoxide rings is 1. The van der Waals surface area contributed by atoms with Crippen LogP contribution in [0.25, 0.3) is 0 Å². The summed E-state index contributed by atoms with van der Waals surface area (Å²) in [5, 5.41) is 0. The number of unbranched alkanes of at least 4 members (excludes halogenated alkanes) is 7. The average molecular weight is 290 g/mol. The number of benzene rings is 1. The van der Waals surface area contributed by atoms with Gasteiger partial charge in [0, 0.05) is 0 Å². The highest BCUT2D eigenvalue weighted by molar-refractivity contribution is 5.27. The van der Waals surface area contributed by atoms with Crippen LogP contribution in [-0.2, 0) is 11.2 Å². The van der Waals surface area contributed by atoms with Crippen molar-refractivity contribution >= 4 is 0 Å². The first-order chi connectivity index (χ1) is 10.4. The predicted molar refractivity (Wildman–Crippen MR) is 88.0 cm³/mol. The maximum absolute atomic E-state index is 5.65. The van der Waals surface area contributed by atoms with Crippen LogP contribution in [0.2, 0.25) is 0 Å². The van der Waals surface area contributed by atoms with Crippen LogP contribution in [0.4, 0.5) is 0 Å². The Balaban J connectivity index is 1.49. The zero-order valence-corrected chi connectivity index (χ0v) is 13.5. The highest BCUT2D eigenvalue weighted by atomic mass is 16.6. The molecule has 118 valence electrons. The van der Waals surface area contributed by atoms with E-state index in [4.69, 9.17) is 9.47 Å². The van der Waals surface area contributed by atoms with E-state index in [2.05, 4.69) is 31.2 Å². The number of aryl methyl sites for hydroxylation is 1. The largest absolute Gasteiger partial charge is 0.491 e. The lowest BCUT2D eigenvalue weighted by Gasteiger charge is -2.06. The average Bonchev–Trinajstić information content (AvgIpc) is 3.33. The van der Waals surface area contributed by atoms with Crippen LogP contribution in [0.1, 0.15) is 63.9 Å². The predicted octanol–water partition coefficient (Wildman–Crippen LogP) is 5.15. The van der Waals surface area contributed by atoms with Crippen LogP contribution in [0.5, 0.6) is 5.75 Å². The summed E-state index contributed by atoms with van der Waals surface area (Å²) in [6, 6.07) is 8.57. The third-order valence-electron chi connectivity index (χ3n) is 4.08. The minimum absolute atomic E-state index is 0.335. The number of hydrogen-bond donors (Lipinski definition) is 0. The smallest absolute Gasteiger partial charge is 0.119 e. The first-order valence-electron chi connectivity index (χ1n) is 8.72. The van der Waals surface area contributed by atoms with E-state index < -0.39 is 0 Å². The quantitative estimate of drug-likeness (QED) is 0.392. The van der Waals surface area contributed by atoms with Gasteiger partial charge in [0.15, 0.2) is 0 Å². The molecule has 0 spiro atoms. The number of rotatable bonds is 12. The molecule has 1 aliphatic rings. The molecule has 1 aliphatic heterocycles. The fourth-order valence-corrected chi connectivity index (χ4v) is 2.57. The third-order valence-corrected chi connectivity index (χ3v) is 4.08. The summed E-state index contributed by atoms with van der Waals surface area (Å²) in [6.07, 6.45) is 12.6. The Hall–Kier alpha value is -1.02.